The van der Waals surface area contributed by atoms with E-state index in [9.17, 15) is 8.42 Å². The van der Waals surface area contributed by atoms with Crippen LogP contribution in [-0.4, -0.2) is 8.42 Å². The Kier molecular flexibility index (Phi) is 4.59. The van der Waals surface area contributed by atoms with Gasteiger partial charge < -0.3 is 10.2 Å². The lowest BCUT2D eigenvalue weighted by molar-refractivity contribution is 0.412. The van der Waals surface area contributed by atoms with E-state index in [4.69, 9.17) is 10.2 Å². The number of rotatable bonds is 6. The van der Waals surface area contributed by atoms with Crippen molar-refractivity contribution >= 4 is 10.0 Å². The predicted molar refractivity (Wildman–Crippen MR) is 76.4 cm³/mol. The van der Waals surface area contributed by atoms with Crippen molar-refractivity contribution in [1.29, 1.82) is 0 Å². The predicted octanol–water partition coefficient (Wildman–Crippen LogP) is 1.78. The molecular formula is C14H18N2O3S. The van der Waals surface area contributed by atoms with E-state index in [-0.39, 0.29) is 18.2 Å². The molecule has 2 rings (SSSR count). The quantitative estimate of drug-likeness (QED) is 0.850. The molecule has 5 nitrogen and oxygen atoms in total. The zero-order valence-electron chi connectivity index (χ0n) is 11.3. The molecule has 20 heavy (non-hydrogen) atoms. The molecule has 0 aliphatic carbocycles. The average molecular weight is 294 g/mol. The molecule has 0 aliphatic rings. The summed E-state index contributed by atoms with van der Waals surface area (Å²) in [5, 5.41) is -0.105. The zero-order valence-corrected chi connectivity index (χ0v) is 12.1. The van der Waals surface area contributed by atoms with E-state index < -0.39 is 10.0 Å². The smallest absolute Gasteiger partial charge is 0.274 e. The maximum absolute atomic E-state index is 12.1. The lowest BCUT2D eigenvalue weighted by Gasteiger charge is -2.08. The minimum absolute atomic E-state index is 0.105. The van der Waals surface area contributed by atoms with Crippen LogP contribution in [0.5, 0.6) is 0 Å². The Morgan fingerprint density at radius 1 is 1.15 bits per heavy atom. The fourth-order valence-corrected chi connectivity index (χ4v) is 2.88. The molecule has 1 aromatic carbocycles. The van der Waals surface area contributed by atoms with Gasteiger partial charge in [0.1, 0.15) is 5.76 Å². The number of hydrogen-bond acceptors (Lipinski definition) is 4. The third-order valence-electron chi connectivity index (χ3n) is 3.05. The third-order valence-corrected chi connectivity index (χ3v) is 4.33. The Balaban J connectivity index is 2.13. The summed E-state index contributed by atoms with van der Waals surface area (Å²) < 4.78 is 31.9. The number of nitrogens with two attached hydrogens (primary N) is 1. The van der Waals surface area contributed by atoms with Gasteiger partial charge in [-0.15, -0.1) is 0 Å². The molecule has 0 radical (unpaired) electrons. The topological polar surface area (TPSA) is 85.3 Å². The van der Waals surface area contributed by atoms with Crippen LogP contribution in [0.2, 0.25) is 0 Å². The number of hydrogen-bond donors (Lipinski definition) is 2. The van der Waals surface area contributed by atoms with Gasteiger partial charge >= 0.3 is 0 Å². The second-order valence-electron chi connectivity index (χ2n) is 4.37. The number of aryl methyl sites for hydroxylation is 1. The summed E-state index contributed by atoms with van der Waals surface area (Å²) in [7, 11) is -3.64. The van der Waals surface area contributed by atoms with Gasteiger partial charge in [-0.3, -0.25) is 0 Å². The van der Waals surface area contributed by atoms with Crippen molar-refractivity contribution in [3.8, 4) is 0 Å². The molecule has 0 unspecified atom stereocenters. The maximum Gasteiger partial charge on any atom is 0.274 e. The first-order valence-corrected chi connectivity index (χ1v) is 7.90. The van der Waals surface area contributed by atoms with Crippen LogP contribution in [0.1, 0.15) is 23.8 Å². The number of furan rings is 1. The first-order chi connectivity index (χ1) is 9.56. The monoisotopic (exact) mass is 294 g/mol. The van der Waals surface area contributed by atoms with Crippen LogP contribution < -0.4 is 10.5 Å². The van der Waals surface area contributed by atoms with Crippen LogP contribution in [0, 0.1) is 0 Å². The van der Waals surface area contributed by atoms with E-state index >= 15 is 0 Å². The normalized spacial score (nSPS) is 11.7. The molecule has 0 amide bonds. The number of nitrogens with one attached hydrogen (secondary N) is 1. The van der Waals surface area contributed by atoms with Crippen LogP contribution in [0.25, 0.3) is 0 Å². The van der Waals surface area contributed by atoms with Crippen molar-refractivity contribution in [1.82, 2.24) is 4.72 Å². The highest BCUT2D eigenvalue weighted by Crippen LogP contribution is 2.15. The van der Waals surface area contributed by atoms with Crippen molar-refractivity contribution in [3.63, 3.8) is 0 Å². The first kappa shape index (κ1) is 14.8. The molecule has 0 atom stereocenters. The SMILES string of the molecule is CCc1ccccc1CNS(=O)(=O)c1ccc(CN)o1. The van der Waals surface area contributed by atoms with E-state index in [2.05, 4.69) is 4.72 Å². The summed E-state index contributed by atoms with van der Waals surface area (Å²) in [5.41, 5.74) is 7.49. The van der Waals surface area contributed by atoms with Gasteiger partial charge in [-0.2, -0.15) is 0 Å². The third kappa shape index (κ3) is 3.27. The summed E-state index contributed by atoms with van der Waals surface area (Å²) >= 11 is 0. The van der Waals surface area contributed by atoms with Gasteiger partial charge in [0.05, 0.1) is 6.54 Å². The Hall–Kier alpha value is -1.63. The van der Waals surface area contributed by atoms with Crippen molar-refractivity contribution in [2.24, 2.45) is 5.73 Å². The number of sulfonamides is 1. The Labute approximate surface area is 118 Å². The second-order valence-corrected chi connectivity index (χ2v) is 6.07. The van der Waals surface area contributed by atoms with Crippen LogP contribution >= 0.6 is 0 Å². The molecular weight excluding hydrogens is 276 g/mol. The molecule has 0 fully saturated rings. The van der Waals surface area contributed by atoms with Crippen molar-refractivity contribution in [2.45, 2.75) is 31.5 Å². The summed E-state index contributed by atoms with van der Waals surface area (Å²) in [6.45, 7) is 2.45. The maximum atomic E-state index is 12.1. The first-order valence-electron chi connectivity index (χ1n) is 6.42. The van der Waals surface area contributed by atoms with Crippen LogP contribution in [0.15, 0.2) is 45.9 Å². The van der Waals surface area contributed by atoms with Crippen molar-refractivity contribution < 1.29 is 12.8 Å². The van der Waals surface area contributed by atoms with Crippen LogP contribution in [0.3, 0.4) is 0 Å². The van der Waals surface area contributed by atoms with Gasteiger partial charge in [-0.05, 0) is 29.7 Å². The van der Waals surface area contributed by atoms with Gasteiger partial charge in [0.25, 0.3) is 10.0 Å². The van der Waals surface area contributed by atoms with E-state index in [1.54, 1.807) is 6.07 Å². The number of benzene rings is 1. The standard InChI is InChI=1S/C14H18N2O3S/c1-2-11-5-3-4-6-12(11)10-16-20(17,18)14-8-7-13(9-15)19-14/h3-8,16H,2,9-10,15H2,1H3. The molecule has 1 heterocycles. The molecule has 3 N–H and O–H groups in total. The lowest BCUT2D eigenvalue weighted by Crippen LogP contribution is -2.23. The minimum atomic E-state index is -3.64. The molecule has 0 bridgehead atoms. The summed E-state index contributed by atoms with van der Waals surface area (Å²) in [5.74, 6) is 0.444. The highest BCUT2D eigenvalue weighted by atomic mass is 32.2. The summed E-state index contributed by atoms with van der Waals surface area (Å²) in [4.78, 5) is 0. The molecule has 0 spiro atoms. The van der Waals surface area contributed by atoms with E-state index in [0.29, 0.717) is 5.76 Å². The molecule has 6 heteroatoms. The molecule has 0 saturated heterocycles. The van der Waals surface area contributed by atoms with Crippen LogP contribution in [-0.2, 0) is 29.5 Å². The molecule has 0 aliphatic heterocycles. The minimum Gasteiger partial charge on any atom is -0.447 e. The summed E-state index contributed by atoms with van der Waals surface area (Å²) in [6.07, 6.45) is 0.857. The average Bonchev–Trinajstić information content (AvgIpc) is 2.95. The highest BCUT2D eigenvalue weighted by Gasteiger charge is 2.18. The van der Waals surface area contributed by atoms with Gasteiger partial charge in [-0.25, -0.2) is 13.1 Å². The second kappa shape index (κ2) is 6.21. The Morgan fingerprint density at radius 2 is 1.85 bits per heavy atom. The molecule has 0 saturated carbocycles. The molecule has 108 valence electrons. The Bertz CT molecular complexity index is 677. The van der Waals surface area contributed by atoms with Crippen LogP contribution in [0.4, 0.5) is 0 Å². The molecule has 1 aromatic heterocycles. The van der Waals surface area contributed by atoms with Gasteiger partial charge in [0.15, 0.2) is 0 Å². The fourth-order valence-electron chi connectivity index (χ4n) is 1.93. The zero-order chi connectivity index (χ0) is 14.6. The van der Waals surface area contributed by atoms with Crippen molar-refractivity contribution in [2.75, 3.05) is 0 Å². The van der Waals surface area contributed by atoms with Gasteiger partial charge in [0.2, 0.25) is 5.09 Å². The molecule has 2 aromatic rings. The Morgan fingerprint density at radius 3 is 2.45 bits per heavy atom. The summed E-state index contributed by atoms with van der Waals surface area (Å²) in [6, 6.07) is 10.7. The largest absolute Gasteiger partial charge is 0.447 e. The van der Waals surface area contributed by atoms with Gasteiger partial charge in [0, 0.05) is 6.54 Å². The van der Waals surface area contributed by atoms with E-state index in [0.717, 1.165) is 17.5 Å². The van der Waals surface area contributed by atoms with E-state index in [1.165, 1.54) is 6.07 Å². The lowest BCUT2D eigenvalue weighted by atomic mass is 10.1. The highest BCUT2D eigenvalue weighted by molar-refractivity contribution is 7.89. The fraction of sp³-hybridized carbons (Fsp3) is 0.286. The van der Waals surface area contributed by atoms with Crippen molar-refractivity contribution in [3.05, 3.63) is 53.3 Å². The van der Waals surface area contributed by atoms with Gasteiger partial charge in [-0.1, -0.05) is 31.2 Å². The van der Waals surface area contributed by atoms with E-state index in [1.807, 2.05) is 31.2 Å².